The average Bonchev–Trinajstić information content (AvgIpc) is 2.99. The lowest BCUT2D eigenvalue weighted by atomic mass is 10.0. The van der Waals surface area contributed by atoms with E-state index in [0.29, 0.717) is 5.82 Å². The second kappa shape index (κ2) is 4.74. The molecule has 0 bridgehead atoms. The van der Waals surface area contributed by atoms with Gasteiger partial charge in [0.05, 0.1) is 11.8 Å². The number of nitrogens with zero attached hydrogens (tertiary/aromatic N) is 1. The number of hydrogen-bond donors (Lipinski definition) is 2. The number of halogens is 1. The molecule has 5 heteroatoms. The highest BCUT2D eigenvalue weighted by molar-refractivity contribution is 9.10. The van der Waals surface area contributed by atoms with Crippen LogP contribution in [0, 0.1) is 0 Å². The summed E-state index contributed by atoms with van der Waals surface area (Å²) in [6.45, 7) is 0.809. The highest BCUT2D eigenvalue weighted by Gasteiger charge is 2.25. The molecule has 94 valence electrons. The van der Waals surface area contributed by atoms with E-state index in [1.165, 1.54) is 0 Å². The first-order valence-electron chi connectivity index (χ1n) is 5.97. The molecule has 0 aliphatic carbocycles. The van der Waals surface area contributed by atoms with Gasteiger partial charge in [0.15, 0.2) is 5.82 Å². The fraction of sp³-hybridized carbons (Fsp3) is 0.308. The number of ether oxygens (including phenoxy) is 1. The normalized spacial score (nSPS) is 19.3. The Morgan fingerprint density at radius 3 is 2.78 bits per heavy atom. The van der Waals surface area contributed by atoms with Crippen LogP contribution in [-0.2, 0) is 4.74 Å². The van der Waals surface area contributed by atoms with Crippen LogP contribution in [0.4, 0.5) is 5.82 Å². The molecule has 1 fully saturated rings. The van der Waals surface area contributed by atoms with E-state index < -0.39 is 0 Å². The lowest BCUT2D eigenvalue weighted by Crippen LogP contribution is -1.99. The van der Waals surface area contributed by atoms with Crippen molar-refractivity contribution in [1.82, 2.24) is 10.2 Å². The van der Waals surface area contributed by atoms with Crippen molar-refractivity contribution < 1.29 is 4.74 Å². The van der Waals surface area contributed by atoms with Crippen LogP contribution in [0.1, 0.15) is 24.6 Å². The van der Waals surface area contributed by atoms with E-state index in [0.717, 1.165) is 40.7 Å². The molecule has 0 amide bonds. The molecule has 4 nitrogen and oxygen atoms in total. The first-order valence-corrected chi connectivity index (χ1v) is 6.76. The van der Waals surface area contributed by atoms with Crippen molar-refractivity contribution in [2.24, 2.45) is 0 Å². The molecule has 1 saturated heterocycles. The number of H-pyrrole nitrogens is 1. The Labute approximate surface area is 114 Å². The molecule has 3 rings (SSSR count). The van der Waals surface area contributed by atoms with Crippen molar-refractivity contribution >= 4 is 21.7 Å². The molecule has 0 saturated carbocycles. The number of nitrogens with one attached hydrogen (secondary N) is 1. The van der Waals surface area contributed by atoms with Crippen LogP contribution in [0.2, 0.25) is 0 Å². The molecular weight excluding hydrogens is 294 g/mol. The maximum Gasteiger partial charge on any atom is 0.153 e. The minimum Gasteiger partial charge on any atom is -0.382 e. The van der Waals surface area contributed by atoms with Gasteiger partial charge in [-0.15, -0.1) is 0 Å². The molecular formula is C13H14BrN3O. The highest BCUT2D eigenvalue weighted by Crippen LogP contribution is 2.37. The SMILES string of the molecule is Nc1n[nH]c(C2CCCO2)c1-c1ccc(Br)cc1. The van der Waals surface area contributed by atoms with E-state index in [1.54, 1.807) is 0 Å². The van der Waals surface area contributed by atoms with E-state index in [9.17, 15) is 0 Å². The van der Waals surface area contributed by atoms with E-state index in [-0.39, 0.29) is 6.10 Å². The third-order valence-corrected chi connectivity index (χ3v) is 3.74. The Hall–Kier alpha value is -1.33. The van der Waals surface area contributed by atoms with Crippen molar-refractivity contribution in [2.45, 2.75) is 18.9 Å². The van der Waals surface area contributed by atoms with Crippen LogP contribution < -0.4 is 5.73 Å². The number of nitrogens with two attached hydrogens (primary N) is 1. The van der Waals surface area contributed by atoms with Crippen molar-refractivity contribution in [2.75, 3.05) is 12.3 Å². The molecule has 0 spiro atoms. The summed E-state index contributed by atoms with van der Waals surface area (Å²) in [5.74, 6) is 0.530. The fourth-order valence-electron chi connectivity index (χ4n) is 2.33. The van der Waals surface area contributed by atoms with Crippen LogP contribution in [0.5, 0.6) is 0 Å². The van der Waals surface area contributed by atoms with Crippen LogP contribution in [0.15, 0.2) is 28.7 Å². The number of hydrogen-bond acceptors (Lipinski definition) is 3. The van der Waals surface area contributed by atoms with E-state index in [4.69, 9.17) is 10.5 Å². The number of aromatic amines is 1. The zero-order valence-corrected chi connectivity index (χ0v) is 11.4. The van der Waals surface area contributed by atoms with Crippen molar-refractivity contribution in [3.63, 3.8) is 0 Å². The van der Waals surface area contributed by atoms with Crippen LogP contribution in [-0.4, -0.2) is 16.8 Å². The van der Waals surface area contributed by atoms with Gasteiger partial charge in [-0.25, -0.2) is 0 Å². The quantitative estimate of drug-likeness (QED) is 0.895. The molecule has 1 unspecified atom stereocenters. The Morgan fingerprint density at radius 2 is 2.11 bits per heavy atom. The first-order chi connectivity index (χ1) is 8.75. The lowest BCUT2D eigenvalue weighted by Gasteiger charge is -2.10. The molecule has 2 aromatic rings. The summed E-state index contributed by atoms with van der Waals surface area (Å²) in [5.41, 5.74) is 8.99. The molecule has 1 atom stereocenters. The van der Waals surface area contributed by atoms with Crippen LogP contribution in [0.3, 0.4) is 0 Å². The molecule has 1 aromatic carbocycles. The standard InChI is InChI=1S/C13H14BrN3O/c14-9-5-3-8(4-6-9)11-12(16-17-13(11)15)10-2-1-7-18-10/h3-6,10H,1-2,7H2,(H3,15,16,17). The summed E-state index contributed by atoms with van der Waals surface area (Å²) in [7, 11) is 0. The van der Waals surface area contributed by atoms with Gasteiger partial charge in [-0.3, -0.25) is 5.10 Å². The summed E-state index contributed by atoms with van der Waals surface area (Å²) >= 11 is 3.43. The Kier molecular flexibility index (Phi) is 3.09. The van der Waals surface area contributed by atoms with Gasteiger partial charge in [0.25, 0.3) is 0 Å². The van der Waals surface area contributed by atoms with Crippen LogP contribution in [0.25, 0.3) is 11.1 Å². The molecule has 0 radical (unpaired) electrons. The molecule has 1 aliphatic heterocycles. The number of benzene rings is 1. The van der Waals surface area contributed by atoms with Gasteiger partial charge >= 0.3 is 0 Å². The van der Waals surface area contributed by atoms with Gasteiger partial charge in [0.2, 0.25) is 0 Å². The number of nitrogen functional groups attached to an aromatic ring is 1. The van der Waals surface area contributed by atoms with Crippen molar-refractivity contribution in [1.29, 1.82) is 0 Å². The van der Waals surface area contributed by atoms with E-state index in [2.05, 4.69) is 26.1 Å². The summed E-state index contributed by atoms with van der Waals surface area (Å²) < 4.78 is 6.75. The maximum atomic E-state index is 5.97. The van der Waals surface area contributed by atoms with Gasteiger partial charge in [-0.05, 0) is 30.5 Å². The smallest absolute Gasteiger partial charge is 0.153 e. The zero-order chi connectivity index (χ0) is 12.5. The molecule has 1 aromatic heterocycles. The maximum absolute atomic E-state index is 5.97. The molecule has 3 N–H and O–H groups in total. The number of rotatable bonds is 2. The molecule has 2 heterocycles. The highest BCUT2D eigenvalue weighted by atomic mass is 79.9. The van der Waals surface area contributed by atoms with Crippen LogP contribution >= 0.6 is 15.9 Å². The summed E-state index contributed by atoms with van der Waals surface area (Å²) in [6.07, 6.45) is 2.20. The monoisotopic (exact) mass is 307 g/mol. The number of aromatic nitrogens is 2. The van der Waals surface area contributed by atoms with Gasteiger partial charge < -0.3 is 10.5 Å². The Bertz CT molecular complexity index is 544. The fourth-order valence-corrected chi connectivity index (χ4v) is 2.59. The van der Waals surface area contributed by atoms with Gasteiger partial charge in [-0.1, -0.05) is 28.1 Å². The van der Waals surface area contributed by atoms with E-state index >= 15 is 0 Å². The minimum atomic E-state index is 0.0912. The largest absolute Gasteiger partial charge is 0.382 e. The van der Waals surface area contributed by atoms with Crippen molar-refractivity contribution in [3.8, 4) is 11.1 Å². The lowest BCUT2D eigenvalue weighted by molar-refractivity contribution is 0.109. The third-order valence-electron chi connectivity index (χ3n) is 3.21. The summed E-state index contributed by atoms with van der Waals surface area (Å²) in [6, 6.07) is 8.07. The molecule has 18 heavy (non-hydrogen) atoms. The zero-order valence-electron chi connectivity index (χ0n) is 9.82. The number of anilines is 1. The predicted octanol–water partition coefficient (Wildman–Crippen LogP) is 3.27. The second-order valence-electron chi connectivity index (χ2n) is 4.41. The second-order valence-corrected chi connectivity index (χ2v) is 5.32. The van der Waals surface area contributed by atoms with E-state index in [1.807, 2.05) is 24.3 Å². The van der Waals surface area contributed by atoms with Crippen molar-refractivity contribution in [3.05, 3.63) is 34.4 Å². The minimum absolute atomic E-state index is 0.0912. The Morgan fingerprint density at radius 1 is 1.33 bits per heavy atom. The van der Waals surface area contributed by atoms with Gasteiger partial charge in [0, 0.05) is 16.6 Å². The Balaban J connectivity index is 2.04. The van der Waals surface area contributed by atoms with Gasteiger partial charge in [0.1, 0.15) is 0 Å². The first kappa shape index (κ1) is 11.7. The topological polar surface area (TPSA) is 63.9 Å². The predicted molar refractivity (Wildman–Crippen MR) is 74.1 cm³/mol. The molecule has 1 aliphatic rings. The average molecular weight is 308 g/mol. The summed E-state index contributed by atoms with van der Waals surface area (Å²) in [5, 5.41) is 7.14. The van der Waals surface area contributed by atoms with Gasteiger partial charge in [-0.2, -0.15) is 5.10 Å². The third kappa shape index (κ3) is 2.04. The summed E-state index contributed by atoms with van der Waals surface area (Å²) in [4.78, 5) is 0.